The number of amides is 1. The number of nitrogens with two attached hydrogens (primary N) is 1. The molecular formula is C16H17N5O. The molecule has 2 heterocycles. The molecule has 22 heavy (non-hydrogen) atoms. The summed E-state index contributed by atoms with van der Waals surface area (Å²) in [5.41, 5.74) is 11.2. The Morgan fingerprint density at radius 2 is 2.09 bits per heavy atom. The summed E-state index contributed by atoms with van der Waals surface area (Å²) in [6, 6.07) is 7.42. The third-order valence-electron chi connectivity index (χ3n) is 3.56. The third kappa shape index (κ3) is 2.46. The number of guanidine groups is 1. The first kappa shape index (κ1) is 13.9. The summed E-state index contributed by atoms with van der Waals surface area (Å²) in [5, 5.41) is 12.9. The molecule has 0 bridgehead atoms. The van der Waals surface area contributed by atoms with Crippen LogP contribution >= 0.6 is 0 Å². The molecule has 2 aromatic rings. The first-order valence-corrected chi connectivity index (χ1v) is 6.89. The predicted octanol–water partition coefficient (Wildman–Crippen LogP) is 2.43. The smallest absolute Gasteiger partial charge is 0.256 e. The predicted molar refractivity (Wildman–Crippen MR) is 88.7 cm³/mol. The molecule has 3 rings (SSSR count). The monoisotopic (exact) mass is 295 g/mol. The Morgan fingerprint density at radius 3 is 2.73 bits per heavy atom. The van der Waals surface area contributed by atoms with Crippen LogP contribution in [-0.4, -0.2) is 16.9 Å². The van der Waals surface area contributed by atoms with E-state index in [4.69, 9.17) is 11.1 Å². The highest BCUT2D eigenvalue weighted by Gasteiger charge is 2.24. The lowest BCUT2D eigenvalue weighted by atomic mass is 10.0. The van der Waals surface area contributed by atoms with Gasteiger partial charge in [-0.25, -0.2) is 0 Å². The van der Waals surface area contributed by atoms with Crippen molar-refractivity contribution in [1.82, 2.24) is 4.98 Å². The second-order valence-electron chi connectivity index (χ2n) is 5.36. The molecule has 0 fully saturated rings. The highest BCUT2D eigenvalue weighted by Crippen LogP contribution is 2.35. The second kappa shape index (κ2) is 5.07. The summed E-state index contributed by atoms with van der Waals surface area (Å²) in [5.74, 6) is -0.278. The Morgan fingerprint density at radius 1 is 1.32 bits per heavy atom. The van der Waals surface area contributed by atoms with Crippen molar-refractivity contribution in [2.24, 2.45) is 5.73 Å². The van der Waals surface area contributed by atoms with Gasteiger partial charge in [0.25, 0.3) is 5.91 Å². The quantitative estimate of drug-likeness (QED) is 0.333. The Hall–Kier alpha value is -3.02. The number of H-pyrrole nitrogens is 1. The summed E-state index contributed by atoms with van der Waals surface area (Å²) in [6.07, 6.45) is 1.85. The van der Waals surface area contributed by atoms with Gasteiger partial charge in [0, 0.05) is 28.3 Å². The van der Waals surface area contributed by atoms with E-state index < -0.39 is 0 Å². The van der Waals surface area contributed by atoms with Crippen LogP contribution in [0.4, 0.5) is 11.4 Å². The van der Waals surface area contributed by atoms with Gasteiger partial charge in [0.2, 0.25) is 0 Å². The molecular weight excluding hydrogens is 278 g/mol. The van der Waals surface area contributed by atoms with Crippen LogP contribution in [0, 0.1) is 19.3 Å². The highest BCUT2D eigenvalue weighted by atomic mass is 16.2. The normalized spacial score (nSPS) is 14.8. The molecule has 0 unspecified atom stereocenters. The Labute approximate surface area is 127 Å². The number of hydrogen-bond donors (Lipinski definition) is 5. The molecule has 6 nitrogen and oxygen atoms in total. The van der Waals surface area contributed by atoms with Crippen LogP contribution in [0.25, 0.3) is 11.6 Å². The highest BCUT2D eigenvalue weighted by molar-refractivity contribution is 6.35. The summed E-state index contributed by atoms with van der Waals surface area (Å²) in [7, 11) is 0. The van der Waals surface area contributed by atoms with Crippen molar-refractivity contribution >= 4 is 34.9 Å². The minimum Gasteiger partial charge on any atom is -0.370 e. The summed E-state index contributed by atoms with van der Waals surface area (Å²) < 4.78 is 0. The average molecular weight is 295 g/mol. The van der Waals surface area contributed by atoms with Crippen LogP contribution in [0.15, 0.2) is 24.3 Å². The van der Waals surface area contributed by atoms with Gasteiger partial charge in [0.05, 0.1) is 5.57 Å². The number of aryl methyl sites for hydroxylation is 2. The van der Waals surface area contributed by atoms with Gasteiger partial charge in [-0.05, 0) is 49.8 Å². The first-order chi connectivity index (χ1) is 10.4. The maximum atomic E-state index is 12.2. The number of aromatic nitrogens is 1. The maximum Gasteiger partial charge on any atom is 0.256 e. The van der Waals surface area contributed by atoms with E-state index >= 15 is 0 Å². The van der Waals surface area contributed by atoms with Crippen molar-refractivity contribution in [1.29, 1.82) is 5.41 Å². The number of benzene rings is 1. The molecule has 0 saturated heterocycles. The van der Waals surface area contributed by atoms with Crippen molar-refractivity contribution in [3.8, 4) is 0 Å². The van der Waals surface area contributed by atoms with Crippen molar-refractivity contribution in [2.45, 2.75) is 13.8 Å². The first-order valence-electron chi connectivity index (χ1n) is 6.89. The molecule has 6 N–H and O–H groups in total. The summed E-state index contributed by atoms with van der Waals surface area (Å²) in [4.78, 5) is 15.4. The summed E-state index contributed by atoms with van der Waals surface area (Å²) in [6.45, 7) is 3.98. The van der Waals surface area contributed by atoms with Gasteiger partial charge in [-0.3, -0.25) is 10.2 Å². The number of carbonyl (C=O) groups is 1. The van der Waals surface area contributed by atoms with Crippen molar-refractivity contribution in [2.75, 3.05) is 10.6 Å². The molecule has 0 aliphatic carbocycles. The molecule has 1 aliphatic heterocycles. The van der Waals surface area contributed by atoms with E-state index in [2.05, 4.69) is 15.6 Å². The number of rotatable bonds is 2. The van der Waals surface area contributed by atoms with E-state index in [0.29, 0.717) is 11.3 Å². The van der Waals surface area contributed by atoms with Gasteiger partial charge in [-0.15, -0.1) is 0 Å². The van der Waals surface area contributed by atoms with E-state index in [-0.39, 0.29) is 11.9 Å². The van der Waals surface area contributed by atoms with E-state index in [1.807, 2.05) is 32.1 Å². The standard InChI is InChI=1S/C16H17N5O/c1-8-5-9(2)19-14(8)7-12-11-6-10(20-16(17)18)3-4-13(11)21-15(12)22/h3-7,19H,1-2H3,(H,21,22)(H4,17,18,20). The minimum absolute atomic E-state index is 0.137. The average Bonchev–Trinajstić information content (AvgIpc) is 2.90. The number of anilines is 2. The van der Waals surface area contributed by atoms with E-state index in [1.165, 1.54) is 0 Å². The molecule has 0 spiro atoms. The largest absolute Gasteiger partial charge is 0.370 e. The SMILES string of the molecule is Cc1cc(C)c(C=C2C(=O)Nc3ccc(NC(=N)N)cc32)[nH]1. The van der Waals surface area contributed by atoms with Crippen molar-refractivity contribution < 1.29 is 4.79 Å². The van der Waals surface area contributed by atoms with Crippen LogP contribution in [-0.2, 0) is 4.79 Å². The van der Waals surface area contributed by atoms with Crippen LogP contribution < -0.4 is 16.4 Å². The zero-order valence-corrected chi connectivity index (χ0v) is 12.4. The fourth-order valence-corrected chi connectivity index (χ4v) is 2.61. The molecule has 0 atom stereocenters. The topological polar surface area (TPSA) is 107 Å². The molecule has 112 valence electrons. The van der Waals surface area contributed by atoms with E-state index in [0.717, 1.165) is 28.2 Å². The minimum atomic E-state index is -0.140. The van der Waals surface area contributed by atoms with Crippen molar-refractivity contribution in [3.63, 3.8) is 0 Å². The molecule has 1 aliphatic rings. The van der Waals surface area contributed by atoms with Crippen LogP contribution in [0.2, 0.25) is 0 Å². The number of fused-ring (bicyclic) bond motifs is 1. The fourth-order valence-electron chi connectivity index (χ4n) is 2.61. The number of carbonyl (C=O) groups excluding carboxylic acids is 1. The fraction of sp³-hybridized carbons (Fsp3) is 0.125. The lowest BCUT2D eigenvalue weighted by molar-refractivity contribution is -0.110. The van der Waals surface area contributed by atoms with Crippen molar-refractivity contribution in [3.05, 3.63) is 46.8 Å². The lowest BCUT2D eigenvalue weighted by Gasteiger charge is -2.06. The lowest BCUT2D eigenvalue weighted by Crippen LogP contribution is -2.20. The second-order valence-corrected chi connectivity index (χ2v) is 5.36. The molecule has 1 aromatic carbocycles. The zero-order chi connectivity index (χ0) is 15.9. The molecule has 0 saturated carbocycles. The van der Waals surface area contributed by atoms with Gasteiger partial charge >= 0.3 is 0 Å². The van der Waals surface area contributed by atoms with Crippen LogP contribution in [0.1, 0.15) is 22.5 Å². The van der Waals surface area contributed by atoms with Crippen LogP contribution in [0.5, 0.6) is 0 Å². The van der Waals surface area contributed by atoms with Gasteiger partial charge in [0.15, 0.2) is 5.96 Å². The van der Waals surface area contributed by atoms with Gasteiger partial charge in [-0.1, -0.05) is 0 Å². The molecule has 6 heteroatoms. The number of hydrogen-bond acceptors (Lipinski definition) is 2. The van der Waals surface area contributed by atoms with Gasteiger partial charge in [0.1, 0.15) is 0 Å². The number of aromatic amines is 1. The Kier molecular flexibility index (Phi) is 3.21. The Balaban J connectivity index is 2.06. The van der Waals surface area contributed by atoms with E-state index in [9.17, 15) is 4.79 Å². The molecule has 1 amide bonds. The van der Waals surface area contributed by atoms with Gasteiger partial charge < -0.3 is 21.4 Å². The van der Waals surface area contributed by atoms with E-state index in [1.54, 1.807) is 12.1 Å². The third-order valence-corrected chi connectivity index (χ3v) is 3.56. The maximum absolute atomic E-state index is 12.2. The Bertz CT molecular complexity index is 816. The van der Waals surface area contributed by atoms with Gasteiger partial charge in [-0.2, -0.15) is 0 Å². The number of nitrogens with one attached hydrogen (secondary N) is 4. The summed E-state index contributed by atoms with van der Waals surface area (Å²) >= 11 is 0. The molecule has 0 radical (unpaired) electrons. The molecule has 1 aromatic heterocycles. The zero-order valence-electron chi connectivity index (χ0n) is 12.4. The van der Waals surface area contributed by atoms with Crippen LogP contribution in [0.3, 0.4) is 0 Å².